The minimum absolute atomic E-state index is 0.0983. The predicted molar refractivity (Wildman–Crippen MR) is 47.4 cm³/mol. The molecule has 0 aliphatic rings. The highest BCUT2D eigenvalue weighted by Gasteiger charge is 2.15. The van der Waals surface area contributed by atoms with E-state index in [2.05, 4.69) is 0 Å². The third-order valence-corrected chi connectivity index (χ3v) is 1.83. The molecule has 0 heterocycles. The molecule has 0 saturated heterocycles. The van der Waals surface area contributed by atoms with Crippen LogP contribution in [0.4, 0.5) is 4.39 Å². The molecule has 0 aromatic heterocycles. The van der Waals surface area contributed by atoms with Crippen LogP contribution in [0.3, 0.4) is 0 Å². The highest BCUT2D eigenvalue weighted by Crippen LogP contribution is 2.21. The summed E-state index contributed by atoms with van der Waals surface area (Å²) in [6.45, 7) is 0. The molecular weight excluding hydrogens is 188 g/mol. The molecule has 1 unspecified atom stereocenters. The van der Waals surface area contributed by atoms with Crippen LogP contribution < -0.4 is 5.73 Å². The second-order valence-electron chi connectivity index (χ2n) is 2.90. The van der Waals surface area contributed by atoms with Gasteiger partial charge < -0.3 is 15.9 Å². The lowest BCUT2D eigenvalue weighted by molar-refractivity contribution is -0.138. The van der Waals surface area contributed by atoms with E-state index in [1.165, 1.54) is 12.1 Å². The summed E-state index contributed by atoms with van der Waals surface area (Å²) in [7, 11) is 0. The molecule has 4 N–H and O–H groups in total. The number of carboxylic acid groups (broad SMARTS) is 1. The van der Waals surface area contributed by atoms with Crippen LogP contribution in [-0.4, -0.2) is 22.2 Å². The third-order valence-electron chi connectivity index (χ3n) is 1.83. The lowest BCUT2D eigenvalue weighted by atomic mass is 10.1. The Labute approximate surface area is 79.8 Å². The van der Waals surface area contributed by atoms with Gasteiger partial charge in [0.25, 0.3) is 0 Å². The van der Waals surface area contributed by atoms with Crippen LogP contribution in [0.5, 0.6) is 5.75 Å². The molecule has 4 nitrogen and oxygen atoms in total. The van der Waals surface area contributed by atoms with E-state index in [4.69, 9.17) is 10.8 Å². The smallest absolute Gasteiger partial charge is 0.320 e. The molecule has 0 fully saturated rings. The molecule has 1 rings (SSSR count). The molecule has 0 saturated carbocycles. The van der Waals surface area contributed by atoms with Gasteiger partial charge in [-0.15, -0.1) is 0 Å². The number of aromatic hydroxyl groups is 1. The molecular formula is C9H10FNO3. The summed E-state index contributed by atoms with van der Waals surface area (Å²) in [4.78, 5) is 10.4. The summed E-state index contributed by atoms with van der Waals surface area (Å²) >= 11 is 0. The standard InChI is InChI=1S/C9H10FNO3/c10-6-3-1-2-5(8(6)12)4-7(11)9(13)14/h1-3,7,12H,4,11H2,(H,13,14)/i10-1. The fourth-order valence-electron chi connectivity index (χ4n) is 1.05. The molecule has 76 valence electrons. The molecule has 0 bridgehead atoms. The van der Waals surface area contributed by atoms with Gasteiger partial charge >= 0.3 is 5.97 Å². The van der Waals surface area contributed by atoms with Gasteiger partial charge in [0.1, 0.15) is 6.04 Å². The highest BCUT2D eigenvalue weighted by molar-refractivity contribution is 5.73. The molecule has 0 spiro atoms. The Morgan fingerprint density at radius 3 is 2.79 bits per heavy atom. The maximum absolute atomic E-state index is 12.8. The first-order valence-electron chi connectivity index (χ1n) is 3.97. The van der Waals surface area contributed by atoms with Crippen LogP contribution in [-0.2, 0) is 11.2 Å². The zero-order valence-corrected chi connectivity index (χ0v) is 7.27. The number of phenolic OH excluding ortho intramolecular Hbond substituents is 1. The fraction of sp³-hybridized carbons (Fsp3) is 0.222. The number of aliphatic carboxylic acids is 1. The number of rotatable bonds is 3. The fourth-order valence-corrected chi connectivity index (χ4v) is 1.05. The summed E-state index contributed by atoms with van der Waals surface area (Å²) in [5.74, 6) is -2.50. The lowest BCUT2D eigenvalue weighted by Gasteiger charge is -2.08. The predicted octanol–water partition coefficient (Wildman–Crippen LogP) is 0.486. The van der Waals surface area contributed by atoms with Crippen LogP contribution >= 0.6 is 0 Å². The molecule has 1 aromatic rings. The van der Waals surface area contributed by atoms with Crippen LogP contribution in [0, 0.1) is 5.82 Å². The Kier molecular flexibility index (Phi) is 3.03. The molecule has 5 heteroatoms. The van der Waals surface area contributed by atoms with E-state index >= 15 is 0 Å². The van der Waals surface area contributed by atoms with Gasteiger partial charge in [0.15, 0.2) is 11.6 Å². The van der Waals surface area contributed by atoms with E-state index in [0.29, 0.717) is 0 Å². The van der Waals surface area contributed by atoms with Crippen LogP contribution in [0.25, 0.3) is 0 Å². The topological polar surface area (TPSA) is 83.5 Å². The zero-order chi connectivity index (χ0) is 10.7. The van der Waals surface area contributed by atoms with Crippen molar-refractivity contribution in [3.63, 3.8) is 0 Å². The minimum atomic E-state index is -1.19. The second kappa shape index (κ2) is 4.06. The summed E-state index contributed by atoms with van der Waals surface area (Å²) in [5, 5.41) is 17.7. The van der Waals surface area contributed by atoms with Crippen molar-refractivity contribution in [2.75, 3.05) is 0 Å². The van der Waals surface area contributed by atoms with Crippen molar-refractivity contribution in [1.29, 1.82) is 0 Å². The summed E-state index contributed by atoms with van der Waals surface area (Å²) in [6, 6.07) is 2.77. The normalized spacial score (nSPS) is 12.4. The number of halogens is 1. The number of benzene rings is 1. The Hall–Kier alpha value is -1.62. The molecule has 0 radical (unpaired) electrons. The average molecular weight is 198 g/mol. The van der Waals surface area contributed by atoms with Gasteiger partial charge in [-0.25, -0.2) is 4.39 Å². The maximum Gasteiger partial charge on any atom is 0.320 e. The summed E-state index contributed by atoms with van der Waals surface area (Å²) < 4.78 is 12.8. The van der Waals surface area contributed by atoms with Gasteiger partial charge in [0, 0.05) is 6.42 Å². The Morgan fingerprint density at radius 1 is 1.57 bits per heavy atom. The number of para-hydroxylation sites is 1. The lowest BCUT2D eigenvalue weighted by Crippen LogP contribution is -2.32. The van der Waals surface area contributed by atoms with Crippen LogP contribution in [0.1, 0.15) is 5.56 Å². The van der Waals surface area contributed by atoms with Crippen LogP contribution in [0.15, 0.2) is 18.2 Å². The molecule has 14 heavy (non-hydrogen) atoms. The van der Waals surface area contributed by atoms with E-state index in [-0.39, 0.29) is 12.0 Å². The quantitative estimate of drug-likeness (QED) is 0.659. The SMILES string of the molecule is NC(Cc1cccc([18F])c1O)C(=O)O. The Morgan fingerprint density at radius 2 is 2.21 bits per heavy atom. The van der Waals surface area contributed by atoms with Crippen molar-refractivity contribution in [3.8, 4) is 5.75 Å². The van der Waals surface area contributed by atoms with E-state index in [0.717, 1.165) is 6.07 Å². The van der Waals surface area contributed by atoms with Gasteiger partial charge in [-0.3, -0.25) is 4.79 Å². The van der Waals surface area contributed by atoms with Crippen molar-refractivity contribution in [2.24, 2.45) is 5.73 Å². The Bertz CT molecular complexity index is 354. The minimum Gasteiger partial charge on any atom is -0.505 e. The van der Waals surface area contributed by atoms with E-state index in [1.54, 1.807) is 0 Å². The van der Waals surface area contributed by atoms with Crippen molar-refractivity contribution in [2.45, 2.75) is 12.5 Å². The van der Waals surface area contributed by atoms with E-state index in [9.17, 15) is 14.3 Å². The van der Waals surface area contributed by atoms with E-state index < -0.39 is 23.6 Å². The third kappa shape index (κ3) is 2.20. The number of carbonyl (C=O) groups is 1. The average Bonchev–Trinajstić information content (AvgIpc) is 2.12. The van der Waals surface area contributed by atoms with Gasteiger partial charge in [-0.05, 0) is 11.6 Å². The van der Waals surface area contributed by atoms with Gasteiger partial charge in [-0.1, -0.05) is 12.1 Å². The van der Waals surface area contributed by atoms with Gasteiger partial charge in [-0.2, -0.15) is 0 Å². The van der Waals surface area contributed by atoms with Gasteiger partial charge in [0.05, 0.1) is 0 Å². The maximum atomic E-state index is 12.8. The van der Waals surface area contributed by atoms with Gasteiger partial charge in [0.2, 0.25) is 0 Å². The number of phenols is 1. The largest absolute Gasteiger partial charge is 0.505 e. The van der Waals surface area contributed by atoms with Crippen LogP contribution in [0.2, 0.25) is 0 Å². The van der Waals surface area contributed by atoms with Crippen molar-refractivity contribution >= 4 is 5.97 Å². The number of nitrogens with two attached hydrogens (primary N) is 1. The highest BCUT2D eigenvalue weighted by atomic mass is 18.2. The summed E-state index contributed by atoms with van der Waals surface area (Å²) in [6.07, 6.45) is -0.0983. The first-order valence-corrected chi connectivity index (χ1v) is 3.97. The van der Waals surface area contributed by atoms with Crippen molar-refractivity contribution < 1.29 is 19.4 Å². The molecule has 0 aliphatic heterocycles. The van der Waals surface area contributed by atoms with Crippen molar-refractivity contribution in [1.82, 2.24) is 0 Å². The van der Waals surface area contributed by atoms with E-state index in [1.807, 2.05) is 0 Å². The Balaban J connectivity index is 2.87. The summed E-state index contributed by atoms with van der Waals surface area (Å²) in [5.41, 5.74) is 5.43. The first-order chi connectivity index (χ1) is 6.52. The monoisotopic (exact) mass is 198 g/mol. The number of hydrogen-bond donors (Lipinski definition) is 3. The molecule has 1 aromatic carbocycles. The molecule has 0 aliphatic carbocycles. The molecule has 0 amide bonds. The first kappa shape index (κ1) is 10.5. The zero-order valence-electron chi connectivity index (χ0n) is 7.27. The number of carboxylic acids is 1. The van der Waals surface area contributed by atoms with Crippen molar-refractivity contribution in [3.05, 3.63) is 29.6 Å². The molecule has 1 atom stereocenters. The second-order valence-corrected chi connectivity index (χ2v) is 2.90. The number of hydrogen-bond acceptors (Lipinski definition) is 3.